The van der Waals surface area contributed by atoms with Gasteiger partial charge in [0.05, 0.1) is 20.2 Å². The van der Waals surface area contributed by atoms with Gasteiger partial charge in [-0.05, 0) is 6.92 Å². The monoisotopic (exact) mass is 258 g/mol. The van der Waals surface area contributed by atoms with Crippen LogP contribution in [0.25, 0.3) is 0 Å². The summed E-state index contributed by atoms with van der Waals surface area (Å²) in [6, 6.07) is -1.55. The molecule has 101 valence electrons. The van der Waals surface area contributed by atoms with Crippen LogP contribution in [0, 0.1) is 0 Å². The molecule has 3 N–H and O–H groups in total. The summed E-state index contributed by atoms with van der Waals surface area (Å²) in [5.41, 5.74) is 2.45. The van der Waals surface area contributed by atoms with E-state index in [1.54, 1.807) is 6.82 Å². The van der Waals surface area contributed by atoms with E-state index >= 15 is 0 Å². The first-order valence-electron chi connectivity index (χ1n) is 5.29. The lowest BCUT2D eigenvalue weighted by atomic mass is 10.1. The van der Waals surface area contributed by atoms with Crippen molar-refractivity contribution in [3.63, 3.8) is 0 Å². The van der Waals surface area contributed by atoms with Crippen LogP contribution in [0.5, 0.6) is 0 Å². The molecule has 0 aliphatic rings. The number of urea groups is 1. The van der Waals surface area contributed by atoms with Crippen molar-refractivity contribution in [2.45, 2.75) is 19.8 Å². The Bertz CT molecular complexity index is 300. The lowest BCUT2D eigenvalue weighted by Crippen LogP contribution is -2.51. The number of amides is 2. The Hall–Kier alpha value is -1.61. The second-order valence-electron chi connectivity index (χ2n) is 3.31. The van der Waals surface area contributed by atoms with Crippen molar-refractivity contribution in [3.8, 4) is 0 Å². The summed E-state index contributed by atoms with van der Waals surface area (Å²) in [7, 11) is 2.58. The lowest BCUT2D eigenvalue weighted by molar-refractivity contribution is -0.143. The van der Waals surface area contributed by atoms with Crippen LogP contribution in [0.15, 0.2) is 0 Å². The Morgan fingerprint density at radius 2 is 2.00 bits per heavy atom. The second-order valence-corrected chi connectivity index (χ2v) is 3.31. The van der Waals surface area contributed by atoms with Crippen molar-refractivity contribution in [3.05, 3.63) is 0 Å². The Morgan fingerprint density at radius 3 is 2.50 bits per heavy atom. The molecule has 2 amide bonds. The van der Waals surface area contributed by atoms with Crippen molar-refractivity contribution in [1.82, 2.24) is 16.1 Å². The highest BCUT2D eigenvalue weighted by atomic mass is 16.6. The summed E-state index contributed by atoms with van der Waals surface area (Å²) in [5.74, 6) is -0.818. The Kier molecular flexibility index (Phi) is 8.59. The number of methoxy groups -OCH3 is 1. The van der Waals surface area contributed by atoms with Crippen LogP contribution < -0.4 is 16.1 Å². The van der Waals surface area contributed by atoms with Crippen LogP contribution in [0.1, 0.15) is 6.92 Å². The van der Waals surface area contributed by atoms with E-state index in [9.17, 15) is 14.4 Å². The van der Waals surface area contributed by atoms with Crippen molar-refractivity contribution < 1.29 is 23.9 Å². The molecule has 0 aliphatic carbocycles. The number of carbonyl (C=O) groups excluding carboxylic acids is 3. The Morgan fingerprint density at radius 1 is 1.33 bits per heavy atom. The maximum atomic E-state index is 11.4. The number of hydroxylamine groups is 1. The molecular formula is C9H17BN3O5. The molecule has 0 spiro atoms. The molecule has 1 atom stereocenters. The molecular weight excluding hydrogens is 241 g/mol. The highest BCUT2D eigenvalue weighted by Gasteiger charge is 2.21. The quantitative estimate of drug-likeness (QED) is 0.214. The predicted molar refractivity (Wildman–Crippen MR) is 63.7 cm³/mol. The molecule has 0 aromatic carbocycles. The molecule has 9 heteroatoms. The summed E-state index contributed by atoms with van der Waals surface area (Å²) < 4.78 is 9.25. The maximum Gasteiger partial charge on any atom is 0.329 e. The van der Waals surface area contributed by atoms with E-state index < -0.39 is 18.0 Å². The number of hydrogen-bond donors (Lipinski definition) is 3. The molecule has 8 nitrogen and oxygen atoms in total. The minimum Gasteiger partial charge on any atom is -0.467 e. The van der Waals surface area contributed by atoms with E-state index in [1.165, 1.54) is 21.5 Å². The zero-order valence-corrected chi connectivity index (χ0v) is 10.6. The van der Waals surface area contributed by atoms with Gasteiger partial charge in [-0.2, -0.15) is 0 Å². The van der Waals surface area contributed by atoms with Crippen molar-refractivity contribution in [1.29, 1.82) is 0 Å². The van der Waals surface area contributed by atoms with Gasteiger partial charge < -0.3 is 20.1 Å². The van der Waals surface area contributed by atoms with Gasteiger partial charge in [0.1, 0.15) is 11.8 Å². The minimum absolute atomic E-state index is 0.0322. The number of hydrogen-bond acceptors (Lipinski definition) is 6. The molecule has 0 bridgehead atoms. The van der Waals surface area contributed by atoms with Gasteiger partial charge >= 0.3 is 19.5 Å². The zero-order chi connectivity index (χ0) is 14.0. The highest BCUT2D eigenvalue weighted by molar-refractivity contribution is 6.24. The van der Waals surface area contributed by atoms with Gasteiger partial charge in [0.2, 0.25) is 0 Å². The average molecular weight is 258 g/mol. The van der Waals surface area contributed by atoms with Gasteiger partial charge in [0, 0.05) is 0 Å². The molecule has 18 heavy (non-hydrogen) atoms. The molecule has 1 unspecified atom stereocenters. The van der Waals surface area contributed by atoms with Crippen molar-refractivity contribution in [2.24, 2.45) is 0 Å². The fraction of sp³-hybridized carbons (Fsp3) is 0.667. The molecule has 0 saturated carbocycles. The number of Topliss-reactive ketones (excluding diaryl/α,β-unsaturated/α-hetero) is 1. The molecule has 1 radical (unpaired) electrons. The standard InChI is InChI=1S/C9H17BN3O5/c1-6(14)4-11-9(16)13-7(8(15)17-3)5-12-18-10-2/h7,12H,4-5H2,1-3H3,(H2,11,13,16). The first kappa shape index (κ1) is 16.4. The van der Waals surface area contributed by atoms with Crippen LogP contribution >= 0.6 is 0 Å². The summed E-state index contributed by atoms with van der Waals surface area (Å²) in [4.78, 5) is 33.4. The van der Waals surface area contributed by atoms with Crippen LogP contribution in [0.4, 0.5) is 4.79 Å². The Balaban J connectivity index is 4.17. The maximum absolute atomic E-state index is 11.4. The number of carbonyl (C=O) groups is 3. The molecule has 0 aromatic rings. The summed E-state index contributed by atoms with van der Waals surface area (Å²) in [6.45, 7) is 2.91. The second kappa shape index (κ2) is 9.43. The SMILES string of the molecule is C[B]ONCC(NC(=O)NCC(C)=O)C(=O)OC. The van der Waals surface area contributed by atoms with E-state index in [0.717, 1.165) is 0 Å². The van der Waals surface area contributed by atoms with Crippen LogP contribution in [-0.4, -0.2) is 51.5 Å². The number of rotatable bonds is 8. The van der Waals surface area contributed by atoms with E-state index in [1.807, 2.05) is 0 Å². The smallest absolute Gasteiger partial charge is 0.329 e. The molecule has 0 rings (SSSR count). The molecule has 0 fully saturated rings. The van der Waals surface area contributed by atoms with Gasteiger partial charge in [0.25, 0.3) is 0 Å². The third-order valence-corrected chi connectivity index (χ3v) is 1.78. The molecule has 0 aromatic heterocycles. The first-order chi connectivity index (χ1) is 8.51. The highest BCUT2D eigenvalue weighted by Crippen LogP contribution is 1.87. The third-order valence-electron chi connectivity index (χ3n) is 1.78. The number of ether oxygens (including phenoxy) is 1. The normalized spacial score (nSPS) is 11.3. The van der Waals surface area contributed by atoms with Gasteiger partial charge in [-0.25, -0.2) is 15.1 Å². The molecule has 0 heterocycles. The topological polar surface area (TPSA) is 106 Å². The fourth-order valence-electron chi connectivity index (χ4n) is 0.964. The van der Waals surface area contributed by atoms with Crippen molar-refractivity contribution in [2.75, 3.05) is 20.2 Å². The number of nitrogens with one attached hydrogen (secondary N) is 3. The van der Waals surface area contributed by atoms with Crippen LogP contribution in [0.2, 0.25) is 6.82 Å². The average Bonchev–Trinajstić information content (AvgIpc) is 2.34. The van der Waals surface area contributed by atoms with Gasteiger partial charge in [-0.1, -0.05) is 6.82 Å². The van der Waals surface area contributed by atoms with E-state index in [0.29, 0.717) is 0 Å². The largest absolute Gasteiger partial charge is 0.467 e. The summed E-state index contributed by atoms with van der Waals surface area (Å²) in [5, 5.41) is 4.65. The van der Waals surface area contributed by atoms with Gasteiger partial charge in [-0.15, -0.1) is 0 Å². The summed E-state index contributed by atoms with van der Waals surface area (Å²) in [6.07, 6.45) is 0. The van der Waals surface area contributed by atoms with E-state index in [2.05, 4.69) is 20.9 Å². The fourth-order valence-corrected chi connectivity index (χ4v) is 0.964. The molecule has 0 aliphatic heterocycles. The van der Waals surface area contributed by atoms with Gasteiger partial charge in [-0.3, -0.25) is 4.79 Å². The molecule has 0 saturated heterocycles. The number of esters is 1. The van der Waals surface area contributed by atoms with Crippen LogP contribution in [-0.2, 0) is 19.1 Å². The first-order valence-corrected chi connectivity index (χ1v) is 5.29. The van der Waals surface area contributed by atoms with E-state index in [-0.39, 0.29) is 18.9 Å². The minimum atomic E-state index is -0.915. The van der Waals surface area contributed by atoms with Gasteiger partial charge in [0.15, 0.2) is 0 Å². The van der Waals surface area contributed by atoms with E-state index in [4.69, 9.17) is 4.76 Å². The lowest BCUT2D eigenvalue weighted by Gasteiger charge is -2.17. The predicted octanol–water partition coefficient (Wildman–Crippen LogP) is -1.40. The number of ketones is 1. The van der Waals surface area contributed by atoms with Crippen molar-refractivity contribution >= 4 is 25.3 Å². The Labute approximate surface area is 106 Å². The summed E-state index contributed by atoms with van der Waals surface area (Å²) >= 11 is 0. The third kappa shape index (κ3) is 7.63. The van der Waals surface area contributed by atoms with Crippen LogP contribution in [0.3, 0.4) is 0 Å². The zero-order valence-electron chi connectivity index (χ0n) is 10.6.